The van der Waals surface area contributed by atoms with Crippen molar-refractivity contribution in [1.82, 2.24) is 5.32 Å². The molecule has 2 N–H and O–H groups in total. The number of carbonyl (C=O) groups excluding carboxylic acids is 1. The smallest absolute Gasteiger partial charge is 0.254 e. The van der Waals surface area contributed by atoms with Crippen LogP contribution in [0.15, 0.2) is 48.5 Å². The summed E-state index contributed by atoms with van der Waals surface area (Å²) >= 11 is 5.75. The van der Waals surface area contributed by atoms with Crippen LogP contribution in [0.1, 0.15) is 22.0 Å². The van der Waals surface area contributed by atoms with Crippen LogP contribution in [0.3, 0.4) is 0 Å². The van der Waals surface area contributed by atoms with Crippen LogP contribution in [0.5, 0.6) is 0 Å². The van der Waals surface area contributed by atoms with Crippen molar-refractivity contribution in [2.75, 3.05) is 6.54 Å². The highest BCUT2D eigenvalue weighted by Gasteiger charge is 2.13. The van der Waals surface area contributed by atoms with Gasteiger partial charge in [0.05, 0.1) is 11.7 Å². The fourth-order valence-electron chi connectivity index (χ4n) is 1.73. The molecule has 2 aromatic carbocycles. The van der Waals surface area contributed by atoms with E-state index in [1.165, 1.54) is 18.2 Å². The average molecular weight is 294 g/mol. The SMILES string of the molecule is O=C(NCC(O)c1ccc(Cl)cc1)c1ccccc1F. The number of carbonyl (C=O) groups is 1. The van der Waals surface area contributed by atoms with Gasteiger partial charge in [0.2, 0.25) is 0 Å². The fraction of sp³-hybridized carbons (Fsp3) is 0.133. The van der Waals surface area contributed by atoms with Crippen LogP contribution in [0, 0.1) is 5.82 Å². The summed E-state index contributed by atoms with van der Waals surface area (Å²) in [5.74, 6) is -1.15. The molecule has 5 heteroatoms. The Morgan fingerprint density at radius 1 is 1.20 bits per heavy atom. The van der Waals surface area contributed by atoms with Crippen molar-refractivity contribution in [3.63, 3.8) is 0 Å². The summed E-state index contributed by atoms with van der Waals surface area (Å²) in [6.45, 7) is -0.00516. The highest BCUT2D eigenvalue weighted by molar-refractivity contribution is 6.30. The van der Waals surface area contributed by atoms with Gasteiger partial charge >= 0.3 is 0 Å². The second-order valence-electron chi connectivity index (χ2n) is 4.26. The van der Waals surface area contributed by atoms with Crippen LogP contribution in [-0.2, 0) is 0 Å². The van der Waals surface area contributed by atoms with Gasteiger partial charge < -0.3 is 10.4 Å². The lowest BCUT2D eigenvalue weighted by Gasteiger charge is -2.12. The molecule has 0 bridgehead atoms. The minimum absolute atomic E-state index is 0.00516. The summed E-state index contributed by atoms with van der Waals surface area (Å²) < 4.78 is 13.4. The molecule has 0 aliphatic heterocycles. The lowest BCUT2D eigenvalue weighted by Crippen LogP contribution is -2.29. The molecule has 0 aliphatic rings. The monoisotopic (exact) mass is 293 g/mol. The Balaban J connectivity index is 1.97. The largest absolute Gasteiger partial charge is 0.387 e. The van der Waals surface area contributed by atoms with Gasteiger partial charge in [-0.25, -0.2) is 4.39 Å². The molecule has 104 valence electrons. The van der Waals surface area contributed by atoms with Crippen LogP contribution < -0.4 is 5.32 Å². The highest BCUT2D eigenvalue weighted by Crippen LogP contribution is 2.16. The summed E-state index contributed by atoms with van der Waals surface area (Å²) in [4.78, 5) is 11.8. The van der Waals surface area contributed by atoms with Gasteiger partial charge in [0, 0.05) is 11.6 Å². The number of amides is 1. The number of nitrogens with one attached hydrogen (secondary N) is 1. The van der Waals surface area contributed by atoms with Gasteiger partial charge in [-0.15, -0.1) is 0 Å². The molecule has 0 heterocycles. The number of rotatable bonds is 4. The average Bonchev–Trinajstić information content (AvgIpc) is 2.45. The van der Waals surface area contributed by atoms with Crippen molar-refractivity contribution in [1.29, 1.82) is 0 Å². The van der Waals surface area contributed by atoms with Gasteiger partial charge in [0.15, 0.2) is 0 Å². The zero-order chi connectivity index (χ0) is 14.5. The van der Waals surface area contributed by atoms with Crippen LogP contribution >= 0.6 is 11.6 Å². The van der Waals surface area contributed by atoms with Gasteiger partial charge in [0.1, 0.15) is 5.82 Å². The van der Waals surface area contributed by atoms with Crippen LogP contribution in [0.25, 0.3) is 0 Å². The molecular weight excluding hydrogens is 281 g/mol. The molecule has 2 aromatic rings. The molecule has 20 heavy (non-hydrogen) atoms. The number of aliphatic hydroxyl groups is 1. The number of hydrogen-bond donors (Lipinski definition) is 2. The molecule has 1 amide bonds. The van der Waals surface area contributed by atoms with E-state index in [-0.39, 0.29) is 12.1 Å². The summed E-state index contributed by atoms with van der Waals surface area (Å²) in [6, 6.07) is 12.3. The first-order chi connectivity index (χ1) is 9.58. The molecule has 3 nitrogen and oxygen atoms in total. The highest BCUT2D eigenvalue weighted by atomic mass is 35.5. The standard InChI is InChI=1S/C15H13ClFNO2/c16-11-7-5-10(6-8-11)14(19)9-18-15(20)12-3-1-2-4-13(12)17/h1-8,14,19H,9H2,(H,18,20). The molecular formula is C15H13ClFNO2. The van der Waals surface area contributed by atoms with Crippen LogP contribution in [-0.4, -0.2) is 17.6 Å². The summed E-state index contributed by atoms with van der Waals surface area (Å²) in [6.07, 6.45) is -0.872. The van der Waals surface area contributed by atoms with E-state index in [9.17, 15) is 14.3 Å². The van der Waals surface area contributed by atoms with Gasteiger partial charge in [-0.1, -0.05) is 35.9 Å². The third-order valence-corrected chi connectivity index (χ3v) is 3.08. The predicted molar refractivity (Wildman–Crippen MR) is 75.1 cm³/mol. The van der Waals surface area contributed by atoms with Gasteiger partial charge in [-0.2, -0.15) is 0 Å². The van der Waals surface area contributed by atoms with Crippen LogP contribution in [0.4, 0.5) is 4.39 Å². The number of halogens is 2. The van der Waals surface area contributed by atoms with Crippen molar-refractivity contribution < 1.29 is 14.3 Å². The minimum Gasteiger partial charge on any atom is -0.387 e. The van der Waals surface area contributed by atoms with E-state index < -0.39 is 17.8 Å². The molecule has 0 saturated heterocycles. The number of aliphatic hydroxyl groups excluding tert-OH is 1. The summed E-state index contributed by atoms with van der Waals surface area (Å²) in [5, 5.41) is 13.0. The maximum absolute atomic E-state index is 13.4. The number of benzene rings is 2. The van der Waals surface area contributed by atoms with Gasteiger partial charge in [-0.3, -0.25) is 4.79 Å². The van der Waals surface area contributed by atoms with Crippen molar-refractivity contribution in [2.24, 2.45) is 0 Å². The Bertz CT molecular complexity index is 601. The molecule has 0 fully saturated rings. The Kier molecular flexibility index (Phi) is 4.71. The first-order valence-corrected chi connectivity index (χ1v) is 6.42. The van der Waals surface area contributed by atoms with E-state index in [4.69, 9.17) is 11.6 Å². The zero-order valence-corrected chi connectivity index (χ0v) is 11.3. The molecule has 1 atom stereocenters. The Labute approximate surface area is 121 Å². The maximum Gasteiger partial charge on any atom is 0.254 e. The predicted octanol–water partition coefficient (Wildman–Crippen LogP) is 2.94. The van der Waals surface area contributed by atoms with Crippen LogP contribution in [0.2, 0.25) is 5.02 Å². The summed E-state index contributed by atoms with van der Waals surface area (Å²) in [5.41, 5.74) is 0.582. The van der Waals surface area contributed by atoms with Crippen molar-refractivity contribution in [2.45, 2.75) is 6.10 Å². The van der Waals surface area contributed by atoms with E-state index in [0.29, 0.717) is 10.6 Å². The maximum atomic E-state index is 13.4. The van der Waals surface area contributed by atoms with E-state index in [2.05, 4.69) is 5.32 Å². The van der Waals surface area contributed by atoms with Crippen molar-refractivity contribution in [3.05, 3.63) is 70.5 Å². The topological polar surface area (TPSA) is 49.3 Å². The molecule has 0 radical (unpaired) electrons. The molecule has 0 aliphatic carbocycles. The lowest BCUT2D eigenvalue weighted by atomic mass is 10.1. The Morgan fingerprint density at radius 2 is 1.85 bits per heavy atom. The second kappa shape index (κ2) is 6.50. The van der Waals surface area contributed by atoms with E-state index in [0.717, 1.165) is 0 Å². The summed E-state index contributed by atoms with van der Waals surface area (Å²) in [7, 11) is 0. The van der Waals surface area contributed by atoms with Crippen molar-refractivity contribution >= 4 is 17.5 Å². The molecule has 0 aromatic heterocycles. The number of hydrogen-bond acceptors (Lipinski definition) is 2. The second-order valence-corrected chi connectivity index (χ2v) is 4.69. The first-order valence-electron chi connectivity index (χ1n) is 6.04. The van der Waals surface area contributed by atoms with Gasteiger partial charge in [-0.05, 0) is 29.8 Å². The molecule has 1 unspecified atom stereocenters. The molecule has 0 saturated carbocycles. The Morgan fingerprint density at radius 3 is 2.50 bits per heavy atom. The van der Waals surface area contributed by atoms with Crippen molar-refractivity contribution in [3.8, 4) is 0 Å². The lowest BCUT2D eigenvalue weighted by molar-refractivity contribution is 0.0912. The normalized spacial score (nSPS) is 11.9. The Hall–Kier alpha value is -1.91. The molecule has 0 spiro atoms. The van der Waals surface area contributed by atoms with Gasteiger partial charge in [0.25, 0.3) is 5.91 Å². The van der Waals surface area contributed by atoms with E-state index in [1.54, 1.807) is 30.3 Å². The quantitative estimate of drug-likeness (QED) is 0.910. The third-order valence-electron chi connectivity index (χ3n) is 2.83. The molecule has 2 rings (SSSR count). The minimum atomic E-state index is -0.872. The fourth-order valence-corrected chi connectivity index (χ4v) is 1.86. The van der Waals surface area contributed by atoms with E-state index >= 15 is 0 Å². The first kappa shape index (κ1) is 14.5. The third kappa shape index (κ3) is 3.56. The zero-order valence-electron chi connectivity index (χ0n) is 10.5. The van der Waals surface area contributed by atoms with E-state index in [1.807, 2.05) is 0 Å².